The predicted molar refractivity (Wildman–Crippen MR) is 54.4 cm³/mol. The highest BCUT2D eigenvalue weighted by molar-refractivity contribution is 5.97. The molecule has 1 rings (SSSR count). The molecule has 1 aromatic rings. The Morgan fingerprint density at radius 1 is 1.33 bits per heavy atom. The van der Waals surface area contributed by atoms with Crippen LogP contribution in [0.25, 0.3) is 0 Å². The molecule has 0 bridgehead atoms. The van der Waals surface area contributed by atoms with Gasteiger partial charge in [-0.3, -0.25) is 9.59 Å². The Labute approximate surface area is 87.3 Å². The van der Waals surface area contributed by atoms with Crippen LogP contribution in [0.15, 0.2) is 30.3 Å². The molecule has 15 heavy (non-hydrogen) atoms. The summed E-state index contributed by atoms with van der Waals surface area (Å²) in [5.74, 6) is -0.996. The number of ketones is 1. The minimum absolute atomic E-state index is 0.370. The second-order valence-electron chi connectivity index (χ2n) is 3.16. The van der Waals surface area contributed by atoms with Crippen LogP contribution in [-0.4, -0.2) is 24.4 Å². The smallest absolute Gasteiger partial charge is 0.251 e. The van der Waals surface area contributed by atoms with Gasteiger partial charge < -0.3 is 5.32 Å². The van der Waals surface area contributed by atoms with Gasteiger partial charge in [0.25, 0.3) is 5.91 Å². The molecule has 0 aliphatic rings. The molecular weight excluding hydrogens is 197 g/mol. The Morgan fingerprint density at radius 3 is 2.47 bits per heavy atom. The highest BCUT2D eigenvalue weighted by Gasteiger charge is 2.15. The standard InChI is InChI=1S/C11H12FNO2/c1-8(10(14)7-12)13-11(15)9-5-3-2-4-6-9/h2-6,8H,7H2,1H3,(H,13,15). The Bertz CT molecular complexity index is 351. The van der Waals surface area contributed by atoms with E-state index in [9.17, 15) is 14.0 Å². The second kappa shape index (κ2) is 5.24. The van der Waals surface area contributed by atoms with Crippen LogP contribution >= 0.6 is 0 Å². The highest BCUT2D eigenvalue weighted by atomic mass is 19.1. The molecule has 1 amide bonds. The maximum absolute atomic E-state index is 12.0. The van der Waals surface area contributed by atoms with Crippen molar-refractivity contribution in [2.45, 2.75) is 13.0 Å². The van der Waals surface area contributed by atoms with Gasteiger partial charge in [-0.2, -0.15) is 0 Å². The lowest BCUT2D eigenvalue weighted by Gasteiger charge is -2.10. The van der Waals surface area contributed by atoms with Crippen molar-refractivity contribution < 1.29 is 14.0 Å². The van der Waals surface area contributed by atoms with E-state index >= 15 is 0 Å². The first-order valence-electron chi connectivity index (χ1n) is 4.59. The number of alkyl halides is 1. The summed E-state index contributed by atoms with van der Waals surface area (Å²) >= 11 is 0. The Balaban J connectivity index is 2.61. The Morgan fingerprint density at radius 2 is 1.93 bits per heavy atom. The van der Waals surface area contributed by atoms with Crippen molar-refractivity contribution in [1.29, 1.82) is 0 Å². The molecule has 4 heteroatoms. The molecule has 80 valence electrons. The summed E-state index contributed by atoms with van der Waals surface area (Å²) in [7, 11) is 0. The van der Waals surface area contributed by atoms with E-state index in [-0.39, 0.29) is 5.91 Å². The molecule has 1 N–H and O–H groups in total. The molecule has 0 saturated carbocycles. The van der Waals surface area contributed by atoms with Crippen LogP contribution in [0, 0.1) is 0 Å². The molecule has 0 spiro atoms. The van der Waals surface area contributed by atoms with E-state index in [1.807, 2.05) is 0 Å². The average Bonchev–Trinajstić information content (AvgIpc) is 2.29. The number of rotatable bonds is 4. The zero-order valence-electron chi connectivity index (χ0n) is 8.37. The molecule has 1 aromatic carbocycles. The van der Waals surface area contributed by atoms with E-state index in [1.54, 1.807) is 30.3 Å². The molecule has 0 aliphatic carbocycles. The van der Waals surface area contributed by atoms with Gasteiger partial charge in [0.05, 0.1) is 6.04 Å². The molecule has 0 saturated heterocycles. The van der Waals surface area contributed by atoms with E-state index in [0.29, 0.717) is 5.56 Å². The Hall–Kier alpha value is -1.71. The van der Waals surface area contributed by atoms with E-state index in [2.05, 4.69) is 5.32 Å². The third-order valence-electron chi connectivity index (χ3n) is 2.00. The molecule has 1 unspecified atom stereocenters. The zero-order valence-corrected chi connectivity index (χ0v) is 8.37. The molecule has 0 heterocycles. The van der Waals surface area contributed by atoms with Gasteiger partial charge >= 0.3 is 0 Å². The number of amides is 1. The molecule has 1 atom stereocenters. The lowest BCUT2D eigenvalue weighted by atomic mass is 10.2. The van der Waals surface area contributed by atoms with Crippen LogP contribution in [-0.2, 0) is 4.79 Å². The number of Topliss-reactive ketones (excluding diaryl/α,β-unsaturated/α-hetero) is 1. The summed E-state index contributed by atoms with van der Waals surface area (Å²) in [4.78, 5) is 22.4. The molecule has 0 aromatic heterocycles. The van der Waals surface area contributed by atoms with Gasteiger partial charge in [0, 0.05) is 5.56 Å². The van der Waals surface area contributed by atoms with Crippen molar-refractivity contribution >= 4 is 11.7 Å². The first-order valence-corrected chi connectivity index (χ1v) is 4.59. The number of hydrogen-bond donors (Lipinski definition) is 1. The van der Waals surface area contributed by atoms with E-state index in [0.717, 1.165) is 0 Å². The quantitative estimate of drug-likeness (QED) is 0.813. The number of benzene rings is 1. The number of carbonyl (C=O) groups excluding carboxylic acids is 2. The first-order chi connectivity index (χ1) is 7.15. The van der Waals surface area contributed by atoms with E-state index in [1.165, 1.54) is 6.92 Å². The molecular formula is C11H12FNO2. The fourth-order valence-corrected chi connectivity index (χ4v) is 1.07. The number of hydrogen-bond acceptors (Lipinski definition) is 2. The second-order valence-corrected chi connectivity index (χ2v) is 3.16. The molecule has 0 radical (unpaired) electrons. The van der Waals surface area contributed by atoms with Gasteiger partial charge in [-0.05, 0) is 19.1 Å². The van der Waals surface area contributed by atoms with E-state index < -0.39 is 18.5 Å². The van der Waals surface area contributed by atoms with Crippen molar-refractivity contribution in [3.05, 3.63) is 35.9 Å². The minimum Gasteiger partial charge on any atom is -0.342 e. The van der Waals surface area contributed by atoms with Crippen LogP contribution < -0.4 is 5.32 Å². The van der Waals surface area contributed by atoms with Crippen molar-refractivity contribution in [1.82, 2.24) is 5.32 Å². The first kappa shape index (κ1) is 11.4. The lowest BCUT2D eigenvalue weighted by molar-refractivity contribution is -0.121. The fraction of sp³-hybridized carbons (Fsp3) is 0.273. The van der Waals surface area contributed by atoms with Crippen LogP contribution in [0.2, 0.25) is 0 Å². The lowest BCUT2D eigenvalue weighted by Crippen LogP contribution is -2.39. The largest absolute Gasteiger partial charge is 0.342 e. The Kier molecular flexibility index (Phi) is 3.97. The summed E-state index contributed by atoms with van der Waals surface area (Å²) in [6, 6.07) is 7.69. The summed E-state index contributed by atoms with van der Waals surface area (Å²) in [6.45, 7) is 0.402. The fourth-order valence-electron chi connectivity index (χ4n) is 1.07. The molecule has 3 nitrogen and oxygen atoms in total. The number of carbonyl (C=O) groups is 2. The summed E-state index contributed by atoms with van der Waals surface area (Å²) < 4.78 is 12.0. The summed E-state index contributed by atoms with van der Waals surface area (Å²) in [6.07, 6.45) is 0. The highest BCUT2D eigenvalue weighted by Crippen LogP contribution is 1.99. The number of nitrogens with one attached hydrogen (secondary N) is 1. The van der Waals surface area contributed by atoms with Crippen LogP contribution in [0.4, 0.5) is 4.39 Å². The van der Waals surface area contributed by atoms with Crippen LogP contribution in [0.3, 0.4) is 0 Å². The molecule has 0 aliphatic heterocycles. The third-order valence-corrected chi connectivity index (χ3v) is 2.00. The van der Waals surface area contributed by atoms with Gasteiger partial charge in [-0.25, -0.2) is 4.39 Å². The van der Waals surface area contributed by atoms with E-state index in [4.69, 9.17) is 0 Å². The normalized spacial score (nSPS) is 11.9. The maximum atomic E-state index is 12.0. The maximum Gasteiger partial charge on any atom is 0.251 e. The summed E-state index contributed by atoms with van der Waals surface area (Å²) in [5.41, 5.74) is 0.455. The monoisotopic (exact) mass is 209 g/mol. The van der Waals surface area contributed by atoms with Gasteiger partial charge in [0.2, 0.25) is 0 Å². The molecule has 0 fully saturated rings. The summed E-state index contributed by atoms with van der Waals surface area (Å²) in [5, 5.41) is 2.42. The topological polar surface area (TPSA) is 46.2 Å². The van der Waals surface area contributed by atoms with Crippen molar-refractivity contribution in [3.8, 4) is 0 Å². The van der Waals surface area contributed by atoms with Crippen molar-refractivity contribution in [2.75, 3.05) is 6.67 Å². The van der Waals surface area contributed by atoms with Gasteiger partial charge in [0.15, 0.2) is 5.78 Å². The van der Waals surface area contributed by atoms with Crippen molar-refractivity contribution in [3.63, 3.8) is 0 Å². The zero-order chi connectivity index (χ0) is 11.3. The van der Waals surface area contributed by atoms with Gasteiger partial charge in [-0.1, -0.05) is 18.2 Å². The van der Waals surface area contributed by atoms with Crippen LogP contribution in [0.1, 0.15) is 17.3 Å². The minimum atomic E-state index is -1.06. The predicted octanol–water partition coefficient (Wildman–Crippen LogP) is 1.34. The van der Waals surface area contributed by atoms with Gasteiger partial charge in [0.1, 0.15) is 6.67 Å². The number of halogens is 1. The van der Waals surface area contributed by atoms with Crippen LogP contribution in [0.5, 0.6) is 0 Å². The SMILES string of the molecule is CC(NC(=O)c1ccccc1)C(=O)CF. The third kappa shape index (κ3) is 3.16. The van der Waals surface area contributed by atoms with Gasteiger partial charge in [-0.15, -0.1) is 0 Å². The average molecular weight is 209 g/mol. The van der Waals surface area contributed by atoms with Crippen molar-refractivity contribution in [2.24, 2.45) is 0 Å².